The molecule has 2 heterocycles. The Kier molecular flexibility index (Phi) is 6.34. The Labute approximate surface area is 188 Å². The summed E-state index contributed by atoms with van der Waals surface area (Å²) < 4.78 is 20.6. The van der Waals surface area contributed by atoms with Gasteiger partial charge in [-0.1, -0.05) is 35.4 Å². The molecule has 0 radical (unpaired) electrons. The predicted octanol–water partition coefficient (Wildman–Crippen LogP) is 5.93. The summed E-state index contributed by atoms with van der Waals surface area (Å²) in [5, 5.41) is 9.30. The van der Waals surface area contributed by atoms with Crippen molar-refractivity contribution in [3.05, 3.63) is 98.7 Å². The molecular formula is C23H19ClFN3O2S. The molecule has 0 aliphatic heterocycles. The van der Waals surface area contributed by atoms with Gasteiger partial charge in [-0.3, -0.25) is 9.48 Å². The maximum Gasteiger partial charge on any atom is 0.265 e. The van der Waals surface area contributed by atoms with Crippen LogP contribution in [-0.4, -0.2) is 15.7 Å². The zero-order chi connectivity index (χ0) is 21.8. The van der Waals surface area contributed by atoms with Crippen LogP contribution in [0.3, 0.4) is 0 Å². The van der Waals surface area contributed by atoms with Crippen molar-refractivity contribution in [2.75, 3.05) is 5.32 Å². The lowest BCUT2D eigenvalue weighted by atomic mass is 10.2. The Hall–Kier alpha value is -3.16. The van der Waals surface area contributed by atoms with Crippen LogP contribution in [0.15, 0.2) is 66.3 Å². The summed E-state index contributed by atoms with van der Waals surface area (Å²) in [6, 6.07) is 13.9. The molecule has 0 spiro atoms. The maximum atomic E-state index is 13.2. The van der Waals surface area contributed by atoms with E-state index in [1.807, 2.05) is 42.6 Å². The van der Waals surface area contributed by atoms with E-state index in [-0.39, 0.29) is 11.7 Å². The summed E-state index contributed by atoms with van der Waals surface area (Å²) in [6.45, 7) is 2.78. The third-order valence-electron chi connectivity index (χ3n) is 4.54. The fourth-order valence-corrected chi connectivity index (χ4v) is 3.92. The second-order valence-corrected chi connectivity index (χ2v) is 8.36. The van der Waals surface area contributed by atoms with E-state index in [4.69, 9.17) is 16.3 Å². The van der Waals surface area contributed by atoms with Gasteiger partial charge in [0.05, 0.1) is 23.3 Å². The molecule has 158 valence electrons. The van der Waals surface area contributed by atoms with E-state index in [0.29, 0.717) is 28.7 Å². The first-order valence-corrected chi connectivity index (χ1v) is 10.8. The lowest BCUT2D eigenvalue weighted by molar-refractivity contribution is 0.103. The zero-order valence-electron chi connectivity index (χ0n) is 16.6. The number of hydrogen-bond acceptors (Lipinski definition) is 4. The number of nitrogens with one attached hydrogen (secondary N) is 1. The van der Waals surface area contributed by atoms with Crippen molar-refractivity contribution in [2.45, 2.75) is 20.1 Å². The van der Waals surface area contributed by atoms with Gasteiger partial charge < -0.3 is 10.1 Å². The molecule has 0 bridgehead atoms. The first-order valence-electron chi connectivity index (χ1n) is 9.51. The van der Waals surface area contributed by atoms with Crippen molar-refractivity contribution < 1.29 is 13.9 Å². The summed E-state index contributed by atoms with van der Waals surface area (Å²) in [6.07, 6.45) is 3.26. The van der Waals surface area contributed by atoms with Gasteiger partial charge in [-0.05, 0) is 48.2 Å². The number of amides is 1. The molecular weight excluding hydrogens is 437 g/mol. The molecule has 4 rings (SSSR count). The number of ether oxygens (including phenoxy) is 1. The molecule has 0 unspecified atom stereocenters. The van der Waals surface area contributed by atoms with Gasteiger partial charge in [-0.25, -0.2) is 4.39 Å². The molecule has 1 N–H and O–H groups in total. The molecule has 2 aromatic heterocycles. The summed E-state index contributed by atoms with van der Waals surface area (Å²) in [4.78, 5) is 13.1. The van der Waals surface area contributed by atoms with Gasteiger partial charge in [0.25, 0.3) is 5.91 Å². The maximum absolute atomic E-state index is 13.2. The van der Waals surface area contributed by atoms with Gasteiger partial charge >= 0.3 is 0 Å². The van der Waals surface area contributed by atoms with Crippen LogP contribution in [0.4, 0.5) is 10.1 Å². The molecule has 2 aromatic carbocycles. The van der Waals surface area contributed by atoms with E-state index >= 15 is 0 Å². The average molecular weight is 456 g/mol. The Morgan fingerprint density at radius 3 is 2.81 bits per heavy atom. The minimum Gasteiger partial charge on any atom is -0.489 e. The van der Waals surface area contributed by atoms with Gasteiger partial charge in [-0.2, -0.15) is 5.10 Å². The number of carbonyl (C=O) groups excluding carboxylic acids is 1. The van der Waals surface area contributed by atoms with Crippen molar-refractivity contribution in [3.63, 3.8) is 0 Å². The number of carbonyl (C=O) groups is 1. The second kappa shape index (κ2) is 9.32. The lowest BCUT2D eigenvalue weighted by Gasteiger charge is -2.05. The van der Waals surface area contributed by atoms with Crippen molar-refractivity contribution in [1.29, 1.82) is 0 Å². The minimum absolute atomic E-state index is 0.217. The summed E-state index contributed by atoms with van der Waals surface area (Å²) >= 11 is 7.42. The van der Waals surface area contributed by atoms with Gasteiger partial charge in [0.15, 0.2) is 0 Å². The third kappa shape index (κ3) is 5.51. The van der Waals surface area contributed by atoms with E-state index in [9.17, 15) is 9.18 Å². The molecule has 0 aliphatic carbocycles. The fourth-order valence-electron chi connectivity index (χ4n) is 2.90. The first-order chi connectivity index (χ1) is 15.0. The normalized spacial score (nSPS) is 10.8. The van der Waals surface area contributed by atoms with Crippen LogP contribution in [-0.2, 0) is 13.2 Å². The van der Waals surface area contributed by atoms with E-state index in [1.54, 1.807) is 23.1 Å². The highest BCUT2D eigenvalue weighted by Crippen LogP contribution is 2.21. The van der Waals surface area contributed by atoms with E-state index in [0.717, 1.165) is 16.9 Å². The van der Waals surface area contributed by atoms with Crippen molar-refractivity contribution in [3.8, 4) is 5.75 Å². The highest BCUT2D eigenvalue weighted by molar-refractivity contribution is 7.12. The quantitative estimate of drug-likeness (QED) is 0.376. The topological polar surface area (TPSA) is 56.1 Å². The minimum atomic E-state index is -0.387. The molecule has 0 saturated heterocycles. The van der Waals surface area contributed by atoms with Crippen LogP contribution < -0.4 is 10.1 Å². The van der Waals surface area contributed by atoms with Crippen molar-refractivity contribution in [2.24, 2.45) is 0 Å². The Morgan fingerprint density at radius 1 is 1.23 bits per heavy atom. The standard InChI is InChI=1S/C23H19ClFN3O2S/c1-15-2-6-20(7-3-15)30-13-16-8-22(31-14-16)23(29)27-19-10-26-28(12-19)11-17-4-5-18(25)9-21(17)24/h2-10,12,14H,11,13H2,1H3,(H,27,29). The van der Waals surface area contributed by atoms with Gasteiger partial charge in [-0.15, -0.1) is 11.3 Å². The van der Waals surface area contributed by atoms with Crippen molar-refractivity contribution >= 4 is 34.5 Å². The predicted molar refractivity (Wildman–Crippen MR) is 121 cm³/mol. The van der Waals surface area contributed by atoms with Crippen LogP contribution >= 0.6 is 22.9 Å². The summed E-state index contributed by atoms with van der Waals surface area (Å²) in [5.41, 5.74) is 3.40. The molecule has 0 fully saturated rings. The molecule has 5 nitrogen and oxygen atoms in total. The van der Waals surface area contributed by atoms with Crippen LogP contribution in [0.2, 0.25) is 5.02 Å². The van der Waals surface area contributed by atoms with E-state index in [1.165, 1.54) is 29.0 Å². The highest BCUT2D eigenvalue weighted by Gasteiger charge is 2.12. The molecule has 0 saturated carbocycles. The number of anilines is 1. The fraction of sp³-hybridized carbons (Fsp3) is 0.130. The number of halogens is 2. The van der Waals surface area contributed by atoms with E-state index < -0.39 is 0 Å². The van der Waals surface area contributed by atoms with Gasteiger partial charge in [0.2, 0.25) is 0 Å². The number of nitrogens with zero attached hydrogens (tertiary/aromatic N) is 2. The summed E-state index contributed by atoms with van der Waals surface area (Å²) in [5.74, 6) is 0.184. The van der Waals surface area contributed by atoms with Crippen molar-refractivity contribution in [1.82, 2.24) is 9.78 Å². The number of benzene rings is 2. The van der Waals surface area contributed by atoms with Crippen LogP contribution in [0.1, 0.15) is 26.4 Å². The van der Waals surface area contributed by atoms with Crippen LogP contribution in [0.5, 0.6) is 5.75 Å². The zero-order valence-corrected chi connectivity index (χ0v) is 18.2. The summed E-state index contributed by atoms with van der Waals surface area (Å²) in [7, 11) is 0. The number of rotatable bonds is 7. The largest absolute Gasteiger partial charge is 0.489 e. The second-order valence-electron chi connectivity index (χ2n) is 7.04. The van der Waals surface area contributed by atoms with Crippen LogP contribution in [0.25, 0.3) is 0 Å². The van der Waals surface area contributed by atoms with Gasteiger partial charge in [0.1, 0.15) is 18.2 Å². The molecule has 0 atom stereocenters. The molecule has 0 aliphatic rings. The average Bonchev–Trinajstić information content (AvgIpc) is 3.39. The third-order valence-corrected chi connectivity index (χ3v) is 5.87. The molecule has 4 aromatic rings. The van der Waals surface area contributed by atoms with Gasteiger partial charge in [0, 0.05) is 16.8 Å². The number of hydrogen-bond donors (Lipinski definition) is 1. The smallest absolute Gasteiger partial charge is 0.265 e. The molecule has 31 heavy (non-hydrogen) atoms. The first kappa shape index (κ1) is 21.1. The number of aromatic nitrogens is 2. The SMILES string of the molecule is Cc1ccc(OCc2csc(C(=O)Nc3cnn(Cc4ccc(F)cc4Cl)c3)c2)cc1. The molecule has 8 heteroatoms. The van der Waals surface area contributed by atoms with E-state index in [2.05, 4.69) is 10.4 Å². The number of aryl methyl sites for hydroxylation is 1. The Balaban J connectivity index is 1.34. The Bertz CT molecular complexity index is 1200. The van der Waals surface area contributed by atoms with Crippen LogP contribution in [0, 0.1) is 12.7 Å². The Morgan fingerprint density at radius 2 is 2.03 bits per heavy atom. The monoisotopic (exact) mass is 455 g/mol. The highest BCUT2D eigenvalue weighted by atomic mass is 35.5. The number of thiophene rings is 1. The molecule has 1 amide bonds. The lowest BCUT2D eigenvalue weighted by Crippen LogP contribution is -2.09.